The number of hydrogen-bond donors (Lipinski definition) is 5. The van der Waals surface area contributed by atoms with Crippen molar-refractivity contribution < 1.29 is 32.2 Å². The van der Waals surface area contributed by atoms with E-state index in [9.17, 15) is 23.3 Å². The number of aryl methyl sites for hydroxylation is 1. The Morgan fingerprint density at radius 1 is 0.971 bits per heavy atom. The maximum absolute atomic E-state index is 13.6. The van der Waals surface area contributed by atoms with Gasteiger partial charge in [0.15, 0.2) is 0 Å². The first-order valence-electron chi connectivity index (χ1n) is 24.0. The topological polar surface area (TPSA) is 186 Å². The number of nitriles is 1. The summed E-state index contributed by atoms with van der Waals surface area (Å²) < 4.78 is 46.8. The molecule has 1 saturated carbocycles. The Morgan fingerprint density at radius 2 is 1.65 bits per heavy atom. The van der Waals surface area contributed by atoms with Crippen molar-refractivity contribution >= 4 is 44.7 Å². The highest BCUT2D eigenvalue weighted by Gasteiger charge is 2.64. The molecular weight excluding hydrogens is 904 g/mol. The summed E-state index contributed by atoms with van der Waals surface area (Å²) in [6.45, 7) is 18.2. The van der Waals surface area contributed by atoms with Crippen LogP contribution >= 0.6 is 11.6 Å². The molecule has 2 amide bonds. The van der Waals surface area contributed by atoms with Gasteiger partial charge in [-0.15, -0.1) is 0 Å². The molecule has 1 aliphatic carbocycles. The minimum absolute atomic E-state index is 0.00359. The van der Waals surface area contributed by atoms with Crippen LogP contribution in [0.1, 0.15) is 84.4 Å². The first-order chi connectivity index (χ1) is 32.3. The summed E-state index contributed by atoms with van der Waals surface area (Å²) >= 11 is 6.27. The number of carbonyl (C=O) groups excluding carboxylic acids is 2. The number of amides is 2. The maximum Gasteiger partial charge on any atom is 0.244 e. The van der Waals surface area contributed by atoms with Crippen LogP contribution in [0.25, 0.3) is 5.57 Å². The largest absolute Gasteiger partial charge is 0.489 e. The summed E-state index contributed by atoms with van der Waals surface area (Å²) in [6, 6.07) is 19.9. The Kier molecular flexibility index (Phi) is 16.2. The van der Waals surface area contributed by atoms with E-state index in [0.29, 0.717) is 65.3 Å². The summed E-state index contributed by atoms with van der Waals surface area (Å²) in [5.41, 5.74) is 2.90. The van der Waals surface area contributed by atoms with Crippen LogP contribution in [0.15, 0.2) is 66.9 Å². The zero-order valence-electron chi connectivity index (χ0n) is 40.7. The van der Waals surface area contributed by atoms with E-state index in [1.165, 1.54) is 5.56 Å². The lowest BCUT2D eigenvalue weighted by molar-refractivity contribution is -0.174. The van der Waals surface area contributed by atoms with Gasteiger partial charge in [0.1, 0.15) is 35.7 Å². The first-order valence-corrected chi connectivity index (χ1v) is 26.0. The molecule has 3 heterocycles. The molecule has 2 unspecified atom stereocenters. The SMILES string of the molecule is CCNC1C(=O)N(C)C=C(c2cc(NS(=O)(=O)CC)ccc2Oc2ccc(CCCOC3CCN(C4NCC(C(=O)NC5C(C)(C)C(Oc6ccc(C#N)c(Cl)c6)C5(C)C)CN4)CC3)cc2)C1C. The van der Waals surface area contributed by atoms with E-state index in [1.54, 1.807) is 55.3 Å². The number of ether oxygens (including phenoxy) is 3. The summed E-state index contributed by atoms with van der Waals surface area (Å²) in [4.78, 5) is 30.6. The highest BCUT2D eigenvalue weighted by Crippen LogP contribution is 2.55. The first kappa shape index (κ1) is 51.1. The molecule has 3 aromatic rings. The van der Waals surface area contributed by atoms with Gasteiger partial charge in [-0.2, -0.15) is 5.26 Å². The lowest BCUT2D eigenvalue weighted by atomic mass is 9.49. The van der Waals surface area contributed by atoms with E-state index in [4.69, 9.17) is 25.8 Å². The molecule has 0 aromatic heterocycles. The molecule has 368 valence electrons. The van der Waals surface area contributed by atoms with Crippen LogP contribution < -0.4 is 35.5 Å². The number of rotatable bonds is 18. The van der Waals surface area contributed by atoms with Crippen LogP contribution in [0.5, 0.6) is 17.2 Å². The zero-order valence-corrected chi connectivity index (χ0v) is 42.2. The fraction of sp³-hybridized carbons (Fsp3) is 0.549. The molecular formula is C51H69ClN8O7S. The second-order valence-electron chi connectivity index (χ2n) is 19.8. The van der Waals surface area contributed by atoms with Crippen molar-refractivity contribution in [1.82, 2.24) is 31.1 Å². The third-order valence-corrected chi connectivity index (χ3v) is 15.8. The van der Waals surface area contributed by atoms with E-state index in [2.05, 4.69) is 76.8 Å². The molecule has 4 aliphatic rings. The van der Waals surface area contributed by atoms with Gasteiger partial charge in [-0.3, -0.25) is 29.8 Å². The number of carbonyl (C=O) groups is 2. The Bertz CT molecular complexity index is 2450. The van der Waals surface area contributed by atoms with Crippen molar-refractivity contribution in [2.45, 2.75) is 105 Å². The fourth-order valence-electron chi connectivity index (χ4n) is 10.6. The van der Waals surface area contributed by atoms with Gasteiger partial charge in [0, 0.05) is 86.1 Å². The van der Waals surface area contributed by atoms with Gasteiger partial charge in [-0.25, -0.2) is 8.42 Å². The number of piperidine rings is 1. The highest BCUT2D eigenvalue weighted by molar-refractivity contribution is 7.92. The number of hydrogen-bond acceptors (Lipinski definition) is 12. The van der Waals surface area contributed by atoms with Crippen LogP contribution in [0.4, 0.5) is 5.69 Å². The number of nitrogens with zero attached hydrogens (tertiary/aromatic N) is 3. The van der Waals surface area contributed by atoms with Gasteiger partial charge in [-0.05, 0) is 92.8 Å². The Hall–Kier alpha value is -4.73. The maximum atomic E-state index is 13.6. The van der Waals surface area contributed by atoms with Crippen LogP contribution in [-0.4, -0.2) is 113 Å². The van der Waals surface area contributed by atoms with Crippen molar-refractivity contribution in [2.75, 3.05) is 56.9 Å². The van der Waals surface area contributed by atoms with Crippen molar-refractivity contribution in [1.29, 1.82) is 5.26 Å². The molecule has 7 rings (SSSR count). The van der Waals surface area contributed by atoms with Gasteiger partial charge in [0.05, 0.1) is 34.4 Å². The molecule has 2 saturated heterocycles. The van der Waals surface area contributed by atoms with Crippen LogP contribution in [0.3, 0.4) is 0 Å². The molecule has 15 nitrogen and oxygen atoms in total. The zero-order chi connectivity index (χ0) is 49.0. The molecule has 3 aliphatic heterocycles. The Balaban J connectivity index is 0.835. The second kappa shape index (κ2) is 21.5. The summed E-state index contributed by atoms with van der Waals surface area (Å²) in [5.74, 6) is 1.35. The van der Waals surface area contributed by atoms with Gasteiger partial charge in [0.25, 0.3) is 0 Å². The quantitative estimate of drug-likeness (QED) is 0.0852. The van der Waals surface area contributed by atoms with Crippen molar-refractivity contribution in [2.24, 2.45) is 22.7 Å². The highest BCUT2D eigenvalue weighted by atomic mass is 35.5. The van der Waals surface area contributed by atoms with Crippen molar-refractivity contribution in [3.05, 3.63) is 88.6 Å². The van der Waals surface area contributed by atoms with Gasteiger partial charge >= 0.3 is 0 Å². The second-order valence-corrected chi connectivity index (χ2v) is 22.2. The summed E-state index contributed by atoms with van der Waals surface area (Å²) in [7, 11) is -1.78. The Morgan fingerprint density at radius 3 is 2.28 bits per heavy atom. The van der Waals surface area contributed by atoms with Crippen LogP contribution in [0.2, 0.25) is 5.02 Å². The fourth-order valence-corrected chi connectivity index (χ4v) is 11.4. The normalized spacial score (nSPS) is 25.1. The van der Waals surface area contributed by atoms with Gasteiger partial charge in [0.2, 0.25) is 21.8 Å². The molecule has 0 radical (unpaired) electrons. The van der Waals surface area contributed by atoms with Crippen LogP contribution in [0, 0.1) is 34.0 Å². The molecule has 68 heavy (non-hydrogen) atoms. The van der Waals surface area contributed by atoms with Gasteiger partial charge in [-0.1, -0.05) is 65.3 Å². The Labute approximate surface area is 407 Å². The molecule has 0 spiro atoms. The molecule has 17 heteroatoms. The van der Waals surface area contributed by atoms with Crippen molar-refractivity contribution in [3.8, 4) is 23.3 Å². The summed E-state index contributed by atoms with van der Waals surface area (Å²) in [6.07, 6.45) is 5.46. The van der Waals surface area contributed by atoms with Crippen LogP contribution in [-0.2, 0) is 30.8 Å². The average molecular weight is 974 g/mol. The third-order valence-electron chi connectivity index (χ3n) is 14.2. The molecule has 3 fully saturated rings. The third kappa shape index (κ3) is 11.5. The monoisotopic (exact) mass is 972 g/mol. The van der Waals surface area contributed by atoms with E-state index in [0.717, 1.165) is 44.3 Å². The van der Waals surface area contributed by atoms with Gasteiger partial charge < -0.3 is 29.7 Å². The van der Waals surface area contributed by atoms with Crippen molar-refractivity contribution in [3.63, 3.8) is 0 Å². The number of sulfonamides is 1. The predicted octanol–water partition coefficient (Wildman–Crippen LogP) is 6.70. The number of likely N-dealkylation sites (tertiary alicyclic amines) is 1. The molecule has 2 atom stereocenters. The van der Waals surface area contributed by atoms with E-state index < -0.39 is 16.1 Å². The number of likely N-dealkylation sites (N-methyl/N-ethyl adjacent to an activating group) is 2. The van der Waals surface area contributed by atoms with E-state index in [1.807, 2.05) is 32.2 Å². The van der Waals surface area contributed by atoms with E-state index in [-0.39, 0.29) is 64.8 Å². The molecule has 5 N–H and O–H groups in total. The minimum Gasteiger partial charge on any atom is -0.489 e. The molecule has 3 aromatic carbocycles. The van der Waals surface area contributed by atoms with E-state index >= 15 is 0 Å². The minimum atomic E-state index is -3.51. The predicted molar refractivity (Wildman–Crippen MR) is 266 cm³/mol. The number of anilines is 1. The summed E-state index contributed by atoms with van der Waals surface area (Å²) in [5, 5.41) is 23.4. The lowest BCUT2D eigenvalue weighted by Gasteiger charge is -2.63. The lowest BCUT2D eigenvalue weighted by Crippen LogP contribution is -2.75. The standard InChI is InChI=1S/C51H69ClN8O7S/c1-9-54-44-32(3)41(31-59(8)46(44)62)40-26-36(58-68(63,64)10-2)16-20-43(40)66-38-17-13-33(14-18-38)12-11-25-65-37-21-23-60(24-22-37)49-55-29-35(30-56-49)45(61)57-47-50(4,5)48(51(47,6)7)67-39-19-15-34(28-53)42(52)27-39/h13-20,26-27,31-32,35,37,44,47-49,54-56,58H,9-12,21-25,29-30H2,1-8H3,(H,57,61). The number of benzene rings is 3. The smallest absolute Gasteiger partial charge is 0.244 e. The number of halogens is 1. The molecule has 0 bridgehead atoms. The number of nitrogens with one attached hydrogen (secondary N) is 5. The average Bonchev–Trinajstić information content (AvgIpc) is 3.32.